The summed E-state index contributed by atoms with van der Waals surface area (Å²) in [5.41, 5.74) is -0.102. The molecule has 0 saturated heterocycles. The number of hydrogen-bond acceptors (Lipinski definition) is 3. The third-order valence-corrected chi connectivity index (χ3v) is 1.50. The highest BCUT2D eigenvalue weighted by Gasteiger charge is 1.88. The van der Waals surface area contributed by atoms with Crippen molar-refractivity contribution in [1.29, 1.82) is 0 Å². The molecule has 0 spiro atoms. The van der Waals surface area contributed by atoms with Crippen LogP contribution in [0.25, 0.3) is 0 Å². The van der Waals surface area contributed by atoms with Gasteiger partial charge in [-0.05, 0) is 6.26 Å². The van der Waals surface area contributed by atoms with Crippen LogP contribution in [0.1, 0.15) is 0 Å². The molecule has 0 bridgehead atoms. The Morgan fingerprint density at radius 2 is 2.56 bits per heavy atom. The molecule has 0 radical (unpaired) electrons. The van der Waals surface area contributed by atoms with E-state index < -0.39 is 0 Å². The molecule has 0 fully saturated rings. The molecular formula is C5H6N2OS. The molecule has 0 aliphatic heterocycles. The summed E-state index contributed by atoms with van der Waals surface area (Å²) in [7, 11) is 0. The fourth-order valence-corrected chi connectivity index (χ4v) is 0.845. The molecule has 9 heavy (non-hydrogen) atoms. The molecule has 48 valence electrons. The van der Waals surface area contributed by atoms with Crippen LogP contribution >= 0.6 is 11.8 Å². The van der Waals surface area contributed by atoms with Crippen molar-refractivity contribution >= 4 is 11.8 Å². The summed E-state index contributed by atoms with van der Waals surface area (Å²) in [5.74, 6) is 0. The van der Waals surface area contributed by atoms with Gasteiger partial charge in [-0.3, -0.25) is 4.79 Å². The summed E-state index contributed by atoms with van der Waals surface area (Å²) in [6, 6.07) is 1.46. The highest BCUT2D eigenvalue weighted by Crippen LogP contribution is 2.04. The molecule has 0 atom stereocenters. The Labute approximate surface area is 56.5 Å². The number of H-pyrrole nitrogens is 1. The van der Waals surface area contributed by atoms with Crippen molar-refractivity contribution in [1.82, 2.24) is 9.97 Å². The predicted molar refractivity (Wildman–Crippen MR) is 36.6 cm³/mol. The predicted octanol–water partition coefficient (Wildman–Crippen LogP) is 0.492. The number of rotatable bonds is 1. The highest BCUT2D eigenvalue weighted by molar-refractivity contribution is 7.98. The van der Waals surface area contributed by atoms with Crippen molar-refractivity contribution in [3.05, 3.63) is 22.7 Å². The Morgan fingerprint density at radius 3 is 3.00 bits per heavy atom. The number of thioether (sulfide) groups is 1. The largest absolute Gasteiger partial charge is 0.313 e. The van der Waals surface area contributed by atoms with E-state index in [0.29, 0.717) is 0 Å². The number of nitrogens with zero attached hydrogens (tertiary/aromatic N) is 1. The quantitative estimate of drug-likeness (QED) is 0.458. The van der Waals surface area contributed by atoms with Crippen molar-refractivity contribution in [2.75, 3.05) is 6.26 Å². The minimum absolute atomic E-state index is 0.102. The summed E-state index contributed by atoms with van der Waals surface area (Å²) in [5, 5.41) is 0.749. The van der Waals surface area contributed by atoms with Crippen LogP contribution in [0.5, 0.6) is 0 Å². The van der Waals surface area contributed by atoms with Crippen LogP contribution in [-0.4, -0.2) is 16.2 Å². The van der Waals surface area contributed by atoms with E-state index in [-0.39, 0.29) is 5.56 Å². The van der Waals surface area contributed by atoms with E-state index in [1.165, 1.54) is 24.2 Å². The first-order chi connectivity index (χ1) is 4.33. The van der Waals surface area contributed by atoms with Gasteiger partial charge in [0.15, 0.2) is 0 Å². The zero-order chi connectivity index (χ0) is 6.69. The first-order valence-corrected chi connectivity index (χ1v) is 3.64. The van der Waals surface area contributed by atoms with Gasteiger partial charge < -0.3 is 4.98 Å². The zero-order valence-corrected chi connectivity index (χ0v) is 5.73. The van der Waals surface area contributed by atoms with Crippen LogP contribution in [-0.2, 0) is 0 Å². The highest BCUT2D eigenvalue weighted by atomic mass is 32.2. The number of aromatic amines is 1. The Morgan fingerprint density at radius 1 is 1.78 bits per heavy atom. The van der Waals surface area contributed by atoms with E-state index in [0.717, 1.165) is 5.03 Å². The molecule has 1 rings (SSSR count). The van der Waals surface area contributed by atoms with E-state index in [4.69, 9.17) is 0 Å². The second-order valence-corrected chi connectivity index (χ2v) is 2.28. The van der Waals surface area contributed by atoms with Crippen LogP contribution in [0.15, 0.2) is 22.2 Å². The maximum Gasteiger partial charge on any atom is 0.251 e. The van der Waals surface area contributed by atoms with Crippen LogP contribution in [0.4, 0.5) is 0 Å². The second-order valence-electron chi connectivity index (χ2n) is 1.45. The van der Waals surface area contributed by atoms with Gasteiger partial charge in [-0.15, -0.1) is 11.8 Å². The zero-order valence-electron chi connectivity index (χ0n) is 4.92. The van der Waals surface area contributed by atoms with Crippen LogP contribution in [0, 0.1) is 0 Å². The SMILES string of the molecule is CSc1cc(=O)[nH]cn1. The molecule has 1 aromatic rings. The summed E-state index contributed by atoms with van der Waals surface area (Å²) >= 11 is 1.45. The van der Waals surface area contributed by atoms with Crippen LogP contribution in [0.2, 0.25) is 0 Å². The van der Waals surface area contributed by atoms with Crippen molar-refractivity contribution in [3.63, 3.8) is 0 Å². The smallest absolute Gasteiger partial charge is 0.251 e. The normalized spacial score (nSPS) is 9.44. The van der Waals surface area contributed by atoms with Crippen LogP contribution < -0.4 is 5.56 Å². The fraction of sp³-hybridized carbons (Fsp3) is 0.200. The lowest BCUT2D eigenvalue weighted by atomic mass is 10.7. The molecule has 0 unspecified atom stereocenters. The van der Waals surface area contributed by atoms with Gasteiger partial charge in [-0.25, -0.2) is 4.98 Å². The topological polar surface area (TPSA) is 45.8 Å². The van der Waals surface area contributed by atoms with E-state index in [2.05, 4.69) is 9.97 Å². The molecule has 0 aromatic carbocycles. The Bertz CT molecular complexity index is 245. The van der Waals surface area contributed by atoms with Crippen molar-refractivity contribution < 1.29 is 0 Å². The minimum atomic E-state index is -0.102. The van der Waals surface area contributed by atoms with Gasteiger partial charge in [-0.2, -0.15) is 0 Å². The Kier molecular flexibility index (Phi) is 1.89. The average molecular weight is 142 g/mol. The van der Waals surface area contributed by atoms with Gasteiger partial charge in [0, 0.05) is 6.07 Å². The monoisotopic (exact) mass is 142 g/mol. The van der Waals surface area contributed by atoms with E-state index >= 15 is 0 Å². The van der Waals surface area contributed by atoms with Crippen LogP contribution in [0.3, 0.4) is 0 Å². The molecule has 0 aliphatic rings. The lowest BCUT2D eigenvalue weighted by Gasteiger charge is -1.88. The lowest BCUT2D eigenvalue weighted by molar-refractivity contribution is 1.02. The molecule has 3 nitrogen and oxygen atoms in total. The molecule has 0 saturated carbocycles. The van der Waals surface area contributed by atoms with Crippen molar-refractivity contribution in [2.24, 2.45) is 0 Å². The van der Waals surface area contributed by atoms with Gasteiger partial charge in [0.1, 0.15) is 5.03 Å². The van der Waals surface area contributed by atoms with Crippen molar-refractivity contribution in [2.45, 2.75) is 5.03 Å². The average Bonchev–Trinajstić information content (AvgIpc) is 1.88. The first-order valence-electron chi connectivity index (χ1n) is 2.41. The summed E-state index contributed by atoms with van der Waals surface area (Å²) in [4.78, 5) is 16.8. The lowest BCUT2D eigenvalue weighted by Crippen LogP contribution is -2.03. The molecule has 0 amide bonds. The third kappa shape index (κ3) is 1.57. The maximum absolute atomic E-state index is 10.5. The van der Waals surface area contributed by atoms with Gasteiger partial charge in [0.25, 0.3) is 5.56 Å². The number of aromatic nitrogens is 2. The van der Waals surface area contributed by atoms with Gasteiger partial charge in [-0.1, -0.05) is 0 Å². The minimum Gasteiger partial charge on any atom is -0.313 e. The summed E-state index contributed by atoms with van der Waals surface area (Å²) in [6.45, 7) is 0. The first kappa shape index (κ1) is 6.35. The Hall–Kier alpha value is -0.770. The molecule has 0 aliphatic carbocycles. The third-order valence-electron chi connectivity index (χ3n) is 0.862. The van der Waals surface area contributed by atoms with Gasteiger partial charge >= 0.3 is 0 Å². The Balaban J connectivity index is 3.08. The molecule has 1 aromatic heterocycles. The second kappa shape index (κ2) is 2.68. The van der Waals surface area contributed by atoms with E-state index in [1.807, 2.05) is 6.26 Å². The van der Waals surface area contributed by atoms with Gasteiger partial charge in [0.05, 0.1) is 6.33 Å². The summed E-state index contributed by atoms with van der Waals surface area (Å²) < 4.78 is 0. The van der Waals surface area contributed by atoms with Gasteiger partial charge in [0.2, 0.25) is 0 Å². The maximum atomic E-state index is 10.5. The molecular weight excluding hydrogens is 136 g/mol. The molecule has 1 heterocycles. The fourth-order valence-electron chi connectivity index (χ4n) is 0.462. The standard InChI is InChI=1S/C5H6N2OS/c1-9-5-2-4(8)6-3-7-5/h2-3H,1H3,(H,6,7,8). The summed E-state index contributed by atoms with van der Waals surface area (Å²) in [6.07, 6.45) is 3.27. The number of nitrogens with one attached hydrogen (secondary N) is 1. The van der Waals surface area contributed by atoms with E-state index in [1.54, 1.807) is 0 Å². The molecule has 4 heteroatoms. The molecule has 1 N–H and O–H groups in total. The van der Waals surface area contributed by atoms with E-state index in [9.17, 15) is 4.79 Å². The van der Waals surface area contributed by atoms with Crippen molar-refractivity contribution in [3.8, 4) is 0 Å². The number of hydrogen-bond donors (Lipinski definition) is 1.